The lowest BCUT2D eigenvalue weighted by atomic mass is 9.91. The molecule has 2 aromatic heterocycles. The minimum Gasteiger partial charge on any atom is -0.371 e. The number of nitrogens with one attached hydrogen (secondary N) is 4. The van der Waals surface area contributed by atoms with Gasteiger partial charge in [-0.2, -0.15) is 5.21 Å². The minimum absolute atomic E-state index is 0.0329. The van der Waals surface area contributed by atoms with Crippen molar-refractivity contribution in [3.05, 3.63) is 57.3 Å². The molecule has 0 bridgehead atoms. The first-order valence-corrected chi connectivity index (χ1v) is 21.1. The molecule has 7 atom stereocenters. The number of H-pyrrole nitrogens is 1. The number of hydrogen-bond donors (Lipinski definition) is 4. The molecule has 14 heteroatoms. The van der Waals surface area contributed by atoms with E-state index in [1.165, 1.54) is 16.9 Å². The van der Waals surface area contributed by atoms with Crippen LogP contribution in [-0.2, 0) is 20.7 Å². The average Bonchev–Trinajstić information content (AvgIpc) is 3.88. The van der Waals surface area contributed by atoms with Crippen molar-refractivity contribution >= 4 is 29.1 Å². The van der Waals surface area contributed by atoms with E-state index in [1.54, 1.807) is 0 Å². The predicted molar refractivity (Wildman–Crippen MR) is 210 cm³/mol. The second kappa shape index (κ2) is 20.2. The quantitative estimate of drug-likeness (QED) is 0.119. The van der Waals surface area contributed by atoms with Gasteiger partial charge in [0, 0.05) is 37.0 Å². The van der Waals surface area contributed by atoms with Crippen LogP contribution in [0.4, 0.5) is 0 Å². The second-order valence-electron chi connectivity index (χ2n) is 15.3. The number of tetrazole rings is 1. The highest BCUT2D eigenvalue weighted by molar-refractivity contribution is 7.09. The lowest BCUT2D eigenvalue weighted by Gasteiger charge is -2.39. The SMILES string of the molecule is CCCOC(CC(C(C)C)N(CCC)C(=O)C(NC(=O)C1CCCCN1)C(C)CC)c1nc(C(=O)NC2CCc3ccccc3C(c3nn[nH]n3)C2)cs1. The van der Waals surface area contributed by atoms with E-state index < -0.39 is 12.1 Å². The van der Waals surface area contributed by atoms with Crippen molar-refractivity contribution in [2.45, 2.75) is 142 Å². The molecule has 296 valence electrons. The number of aromatic amines is 1. The van der Waals surface area contributed by atoms with E-state index in [9.17, 15) is 14.4 Å². The number of ether oxygens (including phenoxy) is 1. The zero-order valence-corrected chi connectivity index (χ0v) is 33.8. The van der Waals surface area contributed by atoms with Crippen molar-refractivity contribution in [1.29, 1.82) is 0 Å². The van der Waals surface area contributed by atoms with Crippen LogP contribution >= 0.6 is 11.3 Å². The molecule has 2 aliphatic rings. The lowest BCUT2D eigenvalue weighted by Crippen LogP contribution is -2.58. The largest absolute Gasteiger partial charge is 0.371 e. The number of thiazole rings is 1. The van der Waals surface area contributed by atoms with Gasteiger partial charge in [0.15, 0.2) is 5.82 Å². The van der Waals surface area contributed by atoms with Crippen LogP contribution in [0.25, 0.3) is 0 Å². The van der Waals surface area contributed by atoms with Gasteiger partial charge in [-0.05, 0) is 74.5 Å². The molecule has 7 unspecified atom stereocenters. The fourth-order valence-corrected chi connectivity index (χ4v) is 8.66. The van der Waals surface area contributed by atoms with Crippen molar-refractivity contribution in [3.8, 4) is 0 Å². The maximum atomic E-state index is 14.6. The van der Waals surface area contributed by atoms with Crippen molar-refractivity contribution < 1.29 is 19.1 Å². The summed E-state index contributed by atoms with van der Waals surface area (Å²) in [6.07, 6.45) is 7.57. The second-order valence-corrected chi connectivity index (χ2v) is 16.2. The van der Waals surface area contributed by atoms with E-state index in [-0.39, 0.29) is 53.6 Å². The molecule has 0 saturated carbocycles. The maximum Gasteiger partial charge on any atom is 0.270 e. The predicted octanol–water partition coefficient (Wildman–Crippen LogP) is 5.72. The topological polar surface area (TPSA) is 167 Å². The van der Waals surface area contributed by atoms with Crippen LogP contribution in [0, 0.1) is 11.8 Å². The Morgan fingerprint density at radius 3 is 2.57 bits per heavy atom. The summed E-state index contributed by atoms with van der Waals surface area (Å²) in [6, 6.07) is 7.12. The first kappa shape index (κ1) is 41.4. The third-order valence-corrected chi connectivity index (χ3v) is 12.0. The standard InChI is InChI=1S/C40H61N9O4S/c1-7-20-49(40(52)35(26(6)9-3)44-37(50)31-16-12-13-19-41-31)33(25(4)5)23-34(53-21-8-2)39-43-32(24-54-39)38(51)42-28-18-17-27-14-10-11-15-29(27)30(22-28)36-45-47-48-46-36/h10-11,14-15,24-26,28,30-31,33-35,41H,7-9,12-13,16-23H2,1-6H3,(H,42,51)(H,44,50)(H,45,46,47,48). The first-order chi connectivity index (χ1) is 26.1. The van der Waals surface area contributed by atoms with Gasteiger partial charge in [0.2, 0.25) is 11.8 Å². The molecule has 0 spiro atoms. The van der Waals surface area contributed by atoms with Gasteiger partial charge in [0.25, 0.3) is 5.91 Å². The zero-order chi connectivity index (χ0) is 38.6. The molecule has 1 aromatic carbocycles. The molecule has 1 aliphatic carbocycles. The van der Waals surface area contributed by atoms with Crippen molar-refractivity contribution in [3.63, 3.8) is 0 Å². The number of fused-ring (bicyclic) bond motifs is 1. The normalized spacial score (nSPS) is 21.0. The Morgan fingerprint density at radius 1 is 1.07 bits per heavy atom. The summed E-state index contributed by atoms with van der Waals surface area (Å²) in [5, 5.41) is 27.3. The van der Waals surface area contributed by atoms with Crippen LogP contribution in [0.1, 0.15) is 144 Å². The van der Waals surface area contributed by atoms with Gasteiger partial charge in [-0.3, -0.25) is 14.4 Å². The maximum absolute atomic E-state index is 14.6. The summed E-state index contributed by atoms with van der Waals surface area (Å²) >= 11 is 1.42. The number of amides is 3. The molecule has 1 aliphatic heterocycles. The summed E-state index contributed by atoms with van der Waals surface area (Å²) in [7, 11) is 0. The summed E-state index contributed by atoms with van der Waals surface area (Å²) in [5.74, 6) is 0.228. The van der Waals surface area contributed by atoms with Gasteiger partial charge in [0.05, 0.1) is 12.0 Å². The minimum atomic E-state index is -0.624. The summed E-state index contributed by atoms with van der Waals surface area (Å²) in [5.41, 5.74) is 2.75. The highest BCUT2D eigenvalue weighted by Gasteiger charge is 2.38. The molecule has 0 radical (unpaired) electrons. The Kier molecular flexibility index (Phi) is 15.5. The number of piperidine rings is 1. The van der Waals surface area contributed by atoms with Crippen LogP contribution in [0.3, 0.4) is 0 Å². The molecule has 54 heavy (non-hydrogen) atoms. The van der Waals surface area contributed by atoms with Crippen molar-refractivity contribution in [2.75, 3.05) is 19.7 Å². The number of rotatable bonds is 18. The Labute approximate surface area is 324 Å². The first-order valence-electron chi connectivity index (χ1n) is 20.2. The van der Waals surface area contributed by atoms with E-state index in [0.29, 0.717) is 37.5 Å². The fourth-order valence-electron chi connectivity index (χ4n) is 7.80. The highest BCUT2D eigenvalue weighted by atomic mass is 32.1. The molecule has 1 fully saturated rings. The molecule has 5 rings (SSSR count). The number of aromatic nitrogens is 5. The molecule has 3 heterocycles. The lowest BCUT2D eigenvalue weighted by molar-refractivity contribution is -0.142. The van der Waals surface area contributed by atoms with Crippen molar-refractivity contribution in [2.24, 2.45) is 11.8 Å². The van der Waals surface area contributed by atoms with Crippen LogP contribution in [0.5, 0.6) is 0 Å². The third-order valence-electron chi connectivity index (χ3n) is 11.1. The Bertz CT molecular complexity index is 1630. The molecular weight excluding hydrogens is 703 g/mol. The van der Waals surface area contributed by atoms with Gasteiger partial charge < -0.3 is 25.6 Å². The van der Waals surface area contributed by atoms with Gasteiger partial charge in [-0.1, -0.05) is 83.9 Å². The van der Waals surface area contributed by atoms with Crippen LogP contribution in [0.15, 0.2) is 29.6 Å². The van der Waals surface area contributed by atoms with E-state index in [1.807, 2.05) is 29.3 Å². The molecular formula is C40H61N9O4S. The number of nitrogens with zero attached hydrogens (tertiary/aromatic N) is 5. The van der Waals surface area contributed by atoms with Gasteiger partial charge in [-0.25, -0.2) is 4.98 Å². The molecule has 13 nitrogen and oxygen atoms in total. The van der Waals surface area contributed by atoms with Crippen molar-refractivity contribution in [1.82, 2.24) is 46.5 Å². The molecule has 4 N–H and O–H groups in total. The van der Waals surface area contributed by atoms with E-state index >= 15 is 0 Å². The Balaban J connectivity index is 1.32. The van der Waals surface area contributed by atoms with Gasteiger partial charge >= 0.3 is 0 Å². The van der Waals surface area contributed by atoms with E-state index in [2.05, 4.69) is 83.3 Å². The Morgan fingerprint density at radius 2 is 1.89 bits per heavy atom. The number of hydrogen-bond acceptors (Lipinski definition) is 10. The van der Waals surface area contributed by atoms with Crippen LogP contribution < -0.4 is 16.0 Å². The summed E-state index contributed by atoms with van der Waals surface area (Å²) < 4.78 is 6.47. The number of carbonyl (C=O) groups excluding carboxylic acids is 3. The highest BCUT2D eigenvalue weighted by Crippen LogP contribution is 2.35. The van der Waals surface area contributed by atoms with E-state index in [4.69, 9.17) is 9.72 Å². The zero-order valence-electron chi connectivity index (χ0n) is 33.0. The third kappa shape index (κ3) is 10.5. The smallest absolute Gasteiger partial charge is 0.270 e. The van der Waals surface area contributed by atoms with Crippen LogP contribution in [-0.4, -0.2) is 92.1 Å². The van der Waals surface area contributed by atoms with Crippen LogP contribution in [0.2, 0.25) is 0 Å². The monoisotopic (exact) mass is 763 g/mol. The number of aryl methyl sites for hydroxylation is 1. The molecule has 1 saturated heterocycles. The molecule has 3 aromatic rings. The number of benzene rings is 1. The average molecular weight is 764 g/mol. The molecule has 3 amide bonds. The fraction of sp³-hybridized carbons (Fsp3) is 0.675. The number of carbonyl (C=O) groups is 3. The van der Waals surface area contributed by atoms with Gasteiger partial charge in [0.1, 0.15) is 22.8 Å². The van der Waals surface area contributed by atoms with Gasteiger partial charge in [-0.15, -0.1) is 21.5 Å². The summed E-state index contributed by atoms with van der Waals surface area (Å²) in [4.78, 5) is 48.6. The Hall–Kier alpha value is -3.75. The summed E-state index contributed by atoms with van der Waals surface area (Å²) in [6.45, 7) is 14.4. The van der Waals surface area contributed by atoms with E-state index in [0.717, 1.165) is 68.5 Å².